The van der Waals surface area contributed by atoms with Gasteiger partial charge in [0.15, 0.2) is 0 Å². The average molecular weight is 215 g/mol. The molecule has 0 fully saturated rings. The van der Waals surface area contributed by atoms with Gasteiger partial charge < -0.3 is 5.73 Å². The van der Waals surface area contributed by atoms with Crippen LogP contribution in [-0.4, -0.2) is 0 Å². The summed E-state index contributed by atoms with van der Waals surface area (Å²) >= 11 is 0. The van der Waals surface area contributed by atoms with Crippen molar-refractivity contribution < 1.29 is 4.39 Å². The maximum absolute atomic E-state index is 13.0. The Morgan fingerprint density at radius 3 is 2.44 bits per heavy atom. The lowest BCUT2D eigenvalue weighted by Gasteiger charge is -2.11. The summed E-state index contributed by atoms with van der Waals surface area (Å²) in [7, 11) is 0. The third kappa shape index (κ3) is 1.78. The summed E-state index contributed by atoms with van der Waals surface area (Å²) in [6, 6.07) is 10.6. The number of halogens is 1. The van der Waals surface area contributed by atoms with Crippen molar-refractivity contribution in [1.29, 1.82) is 0 Å². The largest absolute Gasteiger partial charge is 0.398 e. The van der Waals surface area contributed by atoms with Gasteiger partial charge in [-0.2, -0.15) is 0 Å². The van der Waals surface area contributed by atoms with Crippen LogP contribution in [0.3, 0.4) is 0 Å². The second kappa shape index (κ2) is 3.97. The van der Waals surface area contributed by atoms with Crippen LogP contribution in [0, 0.1) is 19.7 Å². The van der Waals surface area contributed by atoms with Gasteiger partial charge in [0, 0.05) is 5.69 Å². The summed E-state index contributed by atoms with van der Waals surface area (Å²) in [5.41, 5.74) is 10.7. The minimum Gasteiger partial charge on any atom is -0.398 e. The van der Waals surface area contributed by atoms with Crippen LogP contribution in [0.25, 0.3) is 11.1 Å². The number of nitrogen functional groups attached to an aromatic ring is 1. The van der Waals surface area contributed by atoms with Crippen molar-refractivity contribution in [3.8, 4) is 11.1 Å². The molecule has 2 aromatic carbocycles. The zero-order chi connectivity index (χ0) is 11.7. The lowest BCUT2D eigenvalue weighted by Crippen LogP contribution is -1.93. The monoisotopic (exact) mass is 215 g/mol. The molecular weight excluding hydrogens is 201 g/mol. The van der Waals surface area contributed by atoms with Gasteiger partial charge in [0.25, 0.3) is 0 Å². The van der Waals surface area contributed by atoms with E-state index in [-0.39, 0.29) is 5.82 Å². The van der Waals surface area contributed by atoms with E-state index < -0.39 is 0 Å². The van der Waals surface area contributed by atoms with E-state index in [0.717, 1.165) is 27.9 Å². The van der Waals surface area contributed by atoms with E-state index in [9.17, 15) is 4.39 Å². The molecule has 0 amide bonds. The Kier molecular flexibility index (Phi) is 2.65. The molecule has 0 aromatic heterocycles. The standard InChI is InChI=1S/C14H14FN/c1-9-8-11(15)6-7-12(9)13-4-3-5-14(16)10(13)2/h3-8H,16H2,1-2H3. The third-order valence-electron chi connectivity index (χ3n) is 2.85. The molecule has 0 aliphatic heterocycles. The summed E-state index contributed by atoms with van der Waals surface area (Å²) in [4.78, 5) is 0. The zero-order valence-electron chi connectivity index (χ0n) is 9.42. The molecule has 0 saturated carbocycles. The van der Waals surface area contributed by atoms with E-state index in [1.165, 1.54) is 12.1 Å². The Labute approximate surface area is 94.7 Å². The van der Waals surface area contributed by atoms with Crippen LogP contribution in [0.15, 0.2) is 36.4 Å². The Morgan fingerprint density at radius 1 is 1.00 bits per heavy atom. The number of aryl methyl sites for hydroxylation is 1. The summed E-state index contributed by atoms with van der Waals surface area (Å²) in [5.74, 6) is -0.206. The molecule has 2 aromatic rings. The number of benzene rings is 2. The molecule has 0 unspecified atom stereocenters. The molecule has 0 saturated heterocycles. The Balaban J connectivity index is 2.63. The minimum absolute atomic E-state index is 0.206. The fourth-order valence-electron chi connectivity index (χ4n) is 1.87. The summed E-state index contributed by atoms with van der Waals surface area (Å²) in [6.07, 6.45) is 0. The maximum Gasteiger partial charge on any atom is 0.123 e. The summed E-state index contributed by atoms with van der Waals surface area (Å²) in [6.45, 7) is 3.88. The van der Waals surface area contributed by atoms with Crippen LogP contribution < -0.4 is 5.73 Å². The molecule has 0 aliphatic carbocycles. The quantitative estimate of drug-likeness (QED) is 0.721. The number of hydrogen-bond donors (Lipinski definition) is 1. The van der Waals surface area contributed by atoms with E-state index in [1.807, 2.05) is 32.0 Å². The Hall–Kier alpha value is -1.83. The highest BCUT2D eigenvalue weighted by Crippen LogP contribution is 2.29. The van der Waals surface area contributed by atoms with Crippen LogP contribution >= 0.6 is 0 Å². The lowest BCUT2D eigenvalue weighted by molar-refractivity contribution is 0.627. The number of hydrogen-bond acceptors (Lipinski definition) is 1. The van der Waals surface area contributed by atoms with Gasteiger partial charge in [-0.15, -0.1) is 0 Å². The predicted octanol–water partition coefficient (Wildman–Crippen LogP) is 3.69. The second-order valence-corrected chi connectivity index (χ2v) is 3.98. The molecule has 0 bridgehead atoms. The van der Waals surface area contributed by atoms with Crippen LogP contribution in [0.5, 0.6) is 0 Å². The van der Waals surface area contributed by atoms with Crippen molar-refractivity contribution in [3.63, 3.8) is 0 Å². The number of nitrogens with two attached hydrogens (primary N) is 1. The first-order valence-corrected chi connectivity index (χ1v) is 5.21. The van der Waals surface area contributed by atoms with Crippen molar-refractivity contribution in [2.45, 2.75) is 13.8 Å². The van der Waals surface area contributed by atoms with Gasteiger partial charge in [0.2, 0.25) is 0 Å². The highest BCUT2D eigenvalue weighted by atomic mass is 19.1. The molecule has 0 heterocycles. The first kappa shape index (κ1) is 10.7. The van der Waals surface area contributed by atoms with Crippen LogP contribution in [0.4, 0.5) is 10.1 Å². The first-order chi connectivity index (χ1) is 7.59. The van der Waals surface area contributed by atoms with E-state index in [2.05, 4.69) is 0 Å². The normalized spacial score (nSPS) is 10.4. The molecular formula is C14H14FN. The minimum atomic E-state index is -0.206. The smallest absolute Gasteiger partial charge is 0.123 e. The average Bonchev–Trinajstić information content (AvgIpc) is 2.23. The topological polar surface area (TPSA) is 26.0 Å². The molecule has 0 aliphatic rings. The lowest BCUT2D eigenvalue weighted by atomic mass is 9.96. The number of rotatable bonds is 1. The van der Waals surface area contributed by atoms with Gasteiger partial charge >= 0.3 is 0 Å². The van der Waals surface area contributed by atoms with Crippen LogP contribution in [-0.2, 0) is 0 Å². The second-order valence-electron chi connectivity index (χ2n) is 3.98. The van der Waals surface area contributed by atoms with Gasteiger partial charge in [-0.05, 0) is 54.3 Å². The fourth-order valence-corrected chi connectivity index (χ4v) is 1.87. The molecule has 2 N–H and O–H groups in total. The Morgan fingerprint density at radius 2 is 1.75 bits per heavy atom. The number of anilines is 1. The van der Waals surface area contributed by atoms with Crippen molar-refractivity contribution >= 4 is 5.69 Å². The SMILES string of the molecule is Cc1cc(F)ccc1-c1cccc(N)c1C. The van der Waals surface area contributed by atoms with E-state index in [1.54, 1.807) is 6.07 Å². The highest BCUT2D eigenvalue weighted by molar-refractivity contribution is 5.74. The van der Waals surface area contributed by atoms with Gasteiger partial charge in [-0.25, -0.2) is 4.39 Å². The van der Waals surface area contributed by atoms with E-state index in [0.29, 0.717) is 0 Å². The zero-order valence-corrected chi connectivity index (χ0v) is 9.42. The molecule has 0 atom stereocenters. The highest BCUT2D eigenvalue weighted by Gasteiger charge is 2.07. The third-order valence-corrected chi connectivity index (χ3v) is 2.85. The summed E-state index contributed by atoms with van der Waals surface area (Å²) < 4.78 is 13.0. The van der Waals surface area contributed by atoms with Gasteiger partial charge in [-0.1, -0.05) is 18.2 Å². The summed E-state index contributed by atoms with van der Waals surface area (Å²) in [5, 5.41) is 0. The molecule has 1 nitrogen and oxygen atoms in total. The molecule has 82 valence electrons. The van der Waals surface area contributed by atoms with E-state index in [4.69, 9.17) is 5.73 Å². The molecule has 2 heteroatoms. The Bertz CT molecular complexity index is 532. The maximum atomic E-state index is 13.0. The van der Waals surface area contributed by atoms with Crippen molar-refractivity contribution in [2.24, 2.45) is 0 Å². The van der Waals surface area contributed by atoms with Crippen LogP contribution in [0.1, 0.15) is 11.1 Å². The van der Waals surface area contributed by atoms with E-state index >= 15 is 0 Å². The predicted molar refractivity (Wildman–Crippen MR) is 65.7 cm³/mol. The first-order valence-electron chi connectivity index (χ1n) is 5.21. The van der Waals surface area contributed by atoms with Gasteiger partial charge in [0.05, 0.1) is 0 Å². The molecule has 16 heavy (non-hydrogen) atoms. The van der Waals surface area contributed by atoms with Gasteiger partial charge in [-0.3, -0.25) is 0 Å². The van der Waals surface area contributed by atoms with Crippen molar-refractivity contribution in [3.05, 3.63) is 53.3 Å². The molecule has 0 radical (unpaired) electrons. The van der Waals surface area contributed by atoms with Crippen molar-refractivity contribution in [1.82, 2.24) is 0 Å². The van der Waals surface area contributed by atoms with Crippen LogP contribution in [0.2, 0.25) is 0 Å². The van der Waals surface area contributed by atoms with Gasteiger partial charge in [0.1, 0.15) is 5.82 Å². The van der Waals surface area contributed by atoms with Crippen molar-refractivity contribution in [2.75, 3.05) is 5.73 Å². The molecule has 2 rings (SSSR count). The molecule has 0 spiro atoms. The fraction of sp³-hybridized carbons (Fsp3) is 0.143.